The van der Waals surface area contributed by atoms with Crippen molar-refractivity contribution in [1.82, 2.24) is 0 Å². The third-order valence-electron chi connectivity index (χ3n) is 2.14. The number of hydrogen-bond donors (Lipinski definition) is 1. The zero-order valence-electron chi connectivity index (χ0n) is 9.87. The summed E-state index contributed by atoms with van der Waals surface area (Å²) in [5, 5.41) is 9.11. The van der Waals surface area contributed by atoms with Crippen LogP contribution in [0.2, 0.25) is 5.02 Å². The van der Waals surface area contributed by atoms with Gasteiger partial charge in [0.2, 0.25) is 0 Å². The standard InChI is InChI=1S/C12H15ClN2O2/c1-8(15)5-9-6-10(13)7-11(16-2)12(9)17-4-3-14/h6-8H,4-5,15H2,1-2H3. The minimum Gasteiger partial charge on any atom is -0.493 e. The highest BCUT2D eigenvalue weighted by atomic mass is 35.5. The first kappa shape index (κ1) is 13.6. The molecule has 0 bridgehead atoms. The first-order valence-electron chi connectivity index (χ1n) is 5.20. The summed E-state index contributed by atoms with van der Waals surface area (Å²) in [5.41, 5.74) is 6.61. The largest absolute Gasteiger partial charge is 0.493 e. The SMILES string of the molecule is COc1cc(Cl)cc(CC(C)N)c1OCC#N. The maximum absolute atomic E-state index is 8.55. The predicted molar refractivity (Wildman–Crippen MR) is 66.5 cm³/mol. The van der Waals surface area contributed by atoms with E-state index in [9.17, 15) is 0 Å². The molecular formula is C12H15ClN2O2. The normalized spacial score (nSPS) is 11.7. The van der Waals surface area contributed by atoms with Crippen LogP contribution >= 0.6 is 11.6 Å². The van der Waals surface area contributed by atoms with Gasteiger partial charge < -0.3 is 15.2 Å². The number of nitriles is 1. The first-order chi connectivity index (χ1) is 8.08. The van der Waals surface area contributed by atoms with E-state index >= 15 is 0 Å². The second kappa shape index (κ2) is 6.33. The van der Waals surface area contributed by atoms with Crippen molar-refractivity contribution >= 4 is 11.6 Å². The van der Waals surface area contributed by atoms with Crippen molar-refractivity contribution in [2.75, 3.05) is 13.7 Å². The van der Waals surface area contributed by atoms with E-state index in [0.29, 0.717) is 22.9 Å². The Labute approximate surface area is 106 Å². The van der Waals surface area contributed by atoms with Crippen LogP contribution in [0.4, 0.5) is 0 Å². The highest BCUT2D eigenvalue weighted by Gasteiger charge is 2.14. The Morgan fingerprint density at radius 1 is 1.53 bits per heavy atom. The Kier molecular flexibility index (Phi) is 5.08. The molecule has 5 heteroatoms. The van der Waals surface area contributed by atoms with Gasteiger partial charge in [0.25, 0.3) is 0 Å². The minimum absolute atomic E-state index is 0.0254. The molecule has 1 aromatic rings. The molecule has 0 aliphatic heterocycles. The molecule has 0 spiro atoms. The van der Waals surface area contributed by atoms with Crippen LogP contribution in [0.1, 0.15) is 12.5 Å². The Hall–Kier alpha value is -1.44. The van der Waals surface area contributed by atoms with E-state index in [0.717, 1.165) is 5.56 Å². The van der Waals surface area contributed by atoms with Crippen molar-refractivity contribution in [3.63, 3.8) is 0 Å². The summed E-state index contributed by atoms with van der Waals surface area (Å²) in [4.78, 5) is 0. The second-order valence-corrected chi connectivity index (χ2v) is 4.16. The van der Waals surface area contributed by atoms with Gasteiger partial charge in [-0.3, -0.25) is 0 Å². The zero-order chi connectivity index (χ0) is 12.8. The van der Waals surface area contributed by atoms with Crippen LogP contribution < -0.4 is 15.2 Å². The summed E-state index contributed by atoms with van der Waals surface area (Å²) in [6, 6.07) is 5.32. The van der Waals surface area contributed by atoms with Crippen molar-refractivity contribution < 1.29 is 9.47 Å². The number of nitrogens with zero attached hydrogens (tertiary/aromatic N) is 1. The van der Waals surface area contributed by atoms with Crippen LogP contribution in [0.3, 0.4) is 0 Å². The summed E-state index contributed by atoms with van der Waals surface area (Å²) in [6.45, 7) is 1.85. The molecule has 1 unspecified atom stereocenters. The van der Waals surface area contributed by atoms with Gasteiger partial charge in [-0.05, 0) is 19.4 Å². The van der Waals surface area contributed by atoms with Crippen LogP contribution in [0.15, 0.2) is 12.1 Å². The lowest BCUT2D eigenvalue weighted by molar-refractivity contribution is 0.325. The fourth-order valence-electron chi connectivity index (χ4n) is 1.54. The van der Waals surface area contributed by atoms with Gasteiger partial charge >= 0.3 is 0 Å². The van der Waals surface area contributed by atoms with E-state index in [2.05, 4.69) is 0 Å². The number of benzene rings is 1. The number of rotatable bonds is 5. The van der Waals surface area contributed by atoms with E-state index < -0.39 is 0 Å². The van der Waals surface area contributed by atoms with E-state index in [4.69, 9.17) is 32.1 Å². The fourth-order valence-corrected chi connectivity index (χ4v) is 1.77. The highest BCUT2D eigenvalue weighted by Crippen LogP contribution is 2.35. The molecule has 0 saturated carbocycles. The molecule has 2 N–H and O–H groups in total. The van der Waals surface area contributed by atoms with E-state index in [1.807, 2.05) is 13.0 Å². The van der Waals surface area contributed by atoms with Crippen LogP contribution in [-0.2, 0) is 6.42 Å². The lowest BCUT2D eigenvalue weighted by Gasteiger charge is -2.15. The Bertz CT molecular complexity index is 427. The van der Waals surface area contributed by atoms with Crippen molar-refractivity contribution in [2.24, 2.45) is 5.73 Å². The third kappa shape index (κ3) is 3.81. The van der Waals surface area contributed by atoms with Crippen molar-refractivity contribution in [1.29, 1.82) is 5.26 Å². The second-order valence-electron chi connectivity index (χ2n) is 3.72. The lowest BCUT2D eigenvalue weighted by Crippen LogP contribution is -2.18. The van der Waals surface area contributed by atoms with Gasteiger partial charge in [-0.2, -0.15) is 5.26 Å². The summed E-state index contributed by atoms with van der Waals surface area (Å²) in [5.74, 6) is 1.05. The number of halogens is 1. The Balaban J connectivity index is 3.14. The van der Waals surface area contributed by atoms with E-state index in [1.54, 1.807) is 12.1 Å². The molecule has 1 rings (SSSR count). The van der Waals surface area contributed by atoms with E-state index in [-0.39, 0.29) is 12.6 Å². The number of ether oxygens (including phenoxy) is 2. The average molecular weight is 255 g/mol. The summed E-state index contributed by atoms with van der Waals surface area (Å²) < 4.78 is 10.5. The minimum atomic E-state index is -0.0378. The van der Waals surface area contributed by atoms with Crippen molar-refractivity contribution in [3.8, 4) is 17.6 Å². The molecular weight excluding hydrogens is 240 g/mol. The van der Waals surface area contributed by atoms with E-state index in [1.165, 1.54) is 7.11 Å². The molecule has 1 aromatic carbocycles. The quantitative estimate of drug-likeness (QED) is 0.874. The molecule has 92 valence electrons. The Morgan fingerprint density at radius 3 is 2.76 bits per heavy atom. The van der Waals surface area contributed by atoms with Gasteiger partial charge in [0.1, 0.15) is 6.07 Å². The molecule has 0 fully saturated rings. The topological polar surface area (TPSA) is 68.3 Å². The Morgan fingerprint density at radius 2 is 2.24 bits per heavy atom. The highest BCUT2D eigenvalue weighted by molar-refractivity contribution is 6.30. The number of nitrogens with two attached hydrogens (primary N) is 1. The number of hydrogen-bond acceptors (Lipinski definition) is 4. The smallest absolute Gasteiger partial charge is 0.174 e. The average Bonchev–Trinajstić information content (AvgIpc) is 2.26. The molecule has 0 heterocycles. The molecule has 0 amide bonds. The molecule has 1 atom stereocenters. The maximum atomic E-state index is 8.55. The molecule has 0 aliphatic carbocycles. The summed E-state index contributed by atoms with van der Waals surface area (Å²) >= 11 is 5.98. The van der Waals surface area contributed by atoms with Gasteiger partial charge in [-0.25, -0.2) is 0 Å². The zero-order valence-corrected chi connectivity index (χ0v) is 10.6. The van der Waals surface area contributed by atoms with Crippen LogP contribution in [0, 0.1) is 11.3 Å². The molecule has 17 heavy (non-hydrogen) atoms. The van der Waals surface area contributed by atoms with Gasteiger partial charge in [-0.1, -0.05) is 11.6 Å². The first-order valence-corrected chi connectivity index (χ1v) is 5.58. The summed E-state index contributed by atoms with van der Waals surface area (Å²) in [6.07, 6.45) is 0.609. The molecule has 4 nitrogen and oxygen atoms in total. The predicted octanol–water partition coefficient (Wildman–Crippen LogP) is 2.14. The van der Waals surface area contributed by atoms with Gasteiger partial charge in [-0.15, -0.1) is 0 Å². The fraction of sp³-hybridized carbons (Fsp3) is 0.417. The lowest BCUT2D eigenvalue weighted by atomic mass is 10.1. The summed E-state index contributed by atoms with van der Waals surface area (Å²) in [7, 11) is 1.53. The van der Waals surface area contributed by atoms with Gasteiger partial charge in [0, 0.05) is 22.7 Å². The van der Waals surface area contributed by atoms with Crippen molar-refractivity contribution in [3.05, 3.63) is 22.7 Å². The third-order valence-corrected chi connectivity index (χ3v) is 2.36. The van der Waals surface area contributed by atoms with Crippen molar-refractivity contribution in [2.45, 2.75) is 19.4 Å². The van der Waals surface area contributed by atoms with Gasteiger partial charge in [0.15, 0.2) is 18.1 Å². The molecule has 0 aromatic heterocycles. The van der Waals surface area contributed by atoms with Crippen LogP contribution in [0.5, 0.6) is 11.5 Å². The number of methoxy groups -OCH3 is 1. The molecule has 0 saturated heterocycles. The monoisotopic (exact) mass is 254 g/mol. The molecule has 0 aliphatic rings. The maximum Gasteiger partial charge on any atom is 0.174 e. The van der Waals surface area contributed by atoms with Crippen LogP contribution in [0.25, 0.3) is 0 Å². The molecule has 0 radical (unpaired) electrons. The van der Waals surface area contributed by atoms with Gasteiger partial charge in [0.05, 0.1) is 7.11 Å². The van der Waals surface area contributed by atoms with Crippen LogP contribution in [-0.4, -0.2) is 19.8 Å².